The molecular weight excluding hydrogens is 452 g/mol. The molecule has 182 valence electrons. The Hall–Kier alpha value is -2.46. The Morgan fingerprint density at radius 1 is 1.12 bits per heavy atom. The molecule has 5 rings (SSSR count). The van der Waals surface area contributed by atoms with Crippen molar-refractivity contribution in [2.45, 2.75) is 38.1 Å². The van der Waals surface area contributed by atoms with Crippen LogP contribution in [0.1, 0.15) is 31.0 Å². The maximum Gasteiger partial charge on any atom is 0.213 e. The molecule has 0 amide bonds. The maximum atomic E-state index is 12.4. The van der Waals surface area contributed by atoms with Gasteiger partial charge in [0, 0.05) is 37.8 Å². The molecule has 0 spiro atoms. The van der Waals surface area contributed by atoms with Crippen LogP contribution in [-0.4, -0.2) is 66.7 Å². The summed E-state index contributed by atoms with van der Waals surface area (Å²) in [7, 11) is -3.17. The van der Waals surface area contributed by atoms with Gasteiger partial charge in [-0.25, -0.2) is 12.7 Å². The Bertz CT molecular complexity index is 1100. The smallest absolute Gasteiger partial charge is 0.213 e. The lowest BCUT2D eigenvalue weighted by Gasteiger charge is -2.45. The molecule has 2 aromatic rings. The fraction of sp³-hybridized carbons (Fsp3) is 0.480. The molecule has 3 aliphatic heterocycles. The van der Waals surface area contributed by atoms with Crippen LogP contribution in [0.3, 0.4) is 0 Å². The summed E-state index contributed by atoms with van der Waals surface area (Å²) in [6.07, 6.45) is 6.09. The van der Waals surface area contributed by atoms with Crippen molar-refractivity contribution < 1.29 is 17.9 Å². The molecule has 1 aromatic carbocycles. The predicted molar refractivity (Wildman–Crippen MR) is 130 cm³/mol. The Labute approximate surface area is 201 Å². The first-order valence-electron chi connectivity index (χ1n) is 11.9. The van der Waals surface area contributed by atoms with E-state index in [0.717, 1.165) is 24.2 Å². The van der Waals surface area contributed by atoms with Gasteiger partial charge in [-0.05, 0) is 37.5 Å². The van der Waals surface area contributed by atoms with Crippen molar-refractivity contribution in [3.8, 4) is 0 Å². The number of rotatable bonds is 7. The van der Waals surface area contributed by atoms with E-state index < -0.39 is 15.7 Å². The first-order valence-corrected chi connectivity index (χ1v) is 13.5. The second kappa shape index (κ2) is 9.65. The van der Waals surface area contributed by atoms with Gasteiger partial charge < -0.3 is 19.7 Å². The van der Waals surface area contributed by atoms with Gasteiger partial charge in [-0.15, -0.1) is 0 Å². The molecule has 2 unspecified atom stereocenters. The number of hydrogen-bond donors (Lipinski definition) is 1. The van der Waals surface area contributed by atoms with E-state index in [-0.39, 0.29) is 24.6 Å². The normalized spacial score (nSPS) is 26.4. The van der Waals surface area contributed by atoms with Crippen molar-refractivity contribution in [2.75, 3.05) is 32.2 Å². The molecule has 4 heterocycles. The predicted octanol–water partition coefficient (Wildman–Crippen LogP) is 2.62. The highest BCUT2D eigenvalue weighted by molar-refractivity contribution is 7.89. The van der Waals surface area contributed by atoms with Crippen LogP contribution in [0.25, 0.3) is 5.70 Å². The minimum absolute atomic E-state index is 0.0473. The molecule has 0 aliphatic carbocycles. The molecule has 0 radical (unpaired) electrons. The minimum Gasteiger partial charge on any atom is -0.362 e. The van der Waals surface area contributed by atoms with Crippen LogP contribution >= 0.6 is 0 Å². The first-order chi connectivity index (χ1) is 16.5. The van der Waals surface area contributed by atoms with Crippen molar-refractivity contribution in [1.29, 1.82) is 0 Å². The Kier molecular flexibility index (Phi) is 6.61. The van der Waals surface area contributed by atoms with Crippen molar-refractivity contribution in [1.82, 2.24) is 19.5 Å². The number of aromatic nitrogens is 1. The van der Waals surface area contributed by atoms with E-state index >= 15 is 0 Å². The molecule has 1 N–H and O–H groups in total. The van der Waals surface area contributed by atoms with E-state index in [4.69, 9.17) is 9.47 Å². The van der Waals surface area contributed by atoms with Gasteiger partial charge in [-0.3, -0.25) is 4.98 Å². The van der Waals surface area contributed by atoms with Crippen LogP contribution < -0.4 is 5.32 Å². The highest BCUT2D eigenvalue weighted by Gasteiger charge is 2.49. The van der Waals surface area contributed by atoms with Gasteiger partial charge in [0.15, 0.2) is 5.72 Å². The van der Waals surface area contributed by atoms with Crippen LogP contribution in [0.15, 0.2) is 60.9 Å². The molecule has 8 nitrogen and oxygen atoms in total. The van der Waals surface area contributed by atoms with Crippen LogP contribution in [0.4, 0.5) is 0 Å². The van der Waals surface area contributed by atoms with Crippen molar-refractivity contribution in [3.63, 3.8) is 0 Å². The van der Waals surface area contributed by atoms with E-state index in [0.29, 0.717) is 26.1 Å². The van der Waals surface area contributed by atoms with E-state index in [9.17, 15) is 8.42 Å². The topological polar surface area (TPSA) is 84.0 Å². The van der Waals surface area contributed by atoms with Crippen molar-refractivity contribution in [2.24, 2.45) is 5.92 Å². The van der Waals surface area contributed by atoms with E-state index in [2.05, 4.69) is 33.5 Å². The second-order valence-corrected chi connectivity index (χ2v) is 11.4. The van der Waals surface area contributed by atoms with Gasteiger partial charge in [0.1, 0.15) is 13.0 Å². The lowest BCUT2D eigenvalue weighted by Crippen LogP contribution is -2.58. The molecule has 34 heavy (non-hydrogen) atoms. The summed E-state index contributed by atoms with van der Waals surface area (Å²) in [4.78, 5) is 6.82. The van der Waals surface area contributed by atoms with E-state index in [1.54, 1.807) is 17.4 Å². The molecule has 0 saturated carbocycles. The van der Waals surface area contributed by atoms with Crippen LogP contribution in [0, 0.1) is 5.92 Å². The Balaban J connectivity index is 1.44. The summed E-state index contributed by atoms with van der Waals surface area (Å²) < 4.78 is 38.5. The number of nitrogens with one attached hydrogen (secondary N) is 1. The van der Waals surface area contributed by atoms with Gasteiger partial charge >= 0.3 is 0 Å². The molecule has 9 heteroatoms. The zero-order valence-corrected chi connectivity index (χ0v) is 20.3. The summed E-state index contributed by atoms with van der Waals surface area (Å²) in [5.41, 5.74) is 2.34. The summed E-state index contributed by atoms with van der Waals surface area (Å²) in [5, 5.41) is 3.70. The Morgan fingerprint density at radius 2 is 1.88 bits per heavy atom. The third kappa shape index (κ3) is 4.57. The average molecular weight is 485 g/mol. The zero-order valence-electron chi connectivity index (χ0n) is 19.5. The lowest BCUT2D eigenvalue weighted by molar-refractivity contribution is -0.119. The monoisotopic (exact) mass is 484 g/mol. The van der Waals surface area contributed by atoms with Gasteiger partial charge in [0.25, 0.3) is 0 Å². The van der Waals surface area contributed by atoms with Crippen LogP contribution in [0.2, 0.25) is 0 Å². The highest BCUT2D eigenvalue weighted by Crippen LogP contribution is 2.38. The summed E-state index contributed by atoms with van der Waals surface area (Å²) in [6, 6.07) is 16.2. The number of nitrogens with zero attached hydrogens (tertiary/aromatic N) is 3. The fourth-order valence-corrected chi connectivity index (χ4v) is 6.30. The SMILES string of the molecule is CCS(=O)(=O)N1CCC(C2NC(c3ccccn3)=CN2C2(Cc3ccccc3)COCO2)CC1. The molecule has 3 aliphatic rings. The first kappa shape index (κ1) is 23.3. The van der Waals surface area contributed by atoms with Crippen molar-refractivity contribution in [3.05, 3.63) is 72.2 Å². The molecule has 2 fully saturated rings. The number of sulfonamides is 1. The summed E-state index contributed by atoms with van der Waals surface area (Å²) in [5.74, 6) is 0.389. The van der Waals surface area contributed by atoms with Crippen LogP contribution in [-0.2, 0) is 25.9 Å². The van der Waals surface area contributed by atoms with E-state index in [1.807, 2.05) is 36.4 Å². The van der Waals surface area contributed by atoms with Gasteiger partial charge in [0.2, 0.25) is 10.0 Å². The molecule has 1 aromatic heterocycles. The summed E-state index contributed by atoms with van der Waals surface area (Å²) in [6.45, 7) is 3.48. The second-order valence-electron chi connectivity index (χ2n) is 9.11. The number of pyridine rings is 1. The fourth-order valence-electron chi connectivity index (χ4n) is 5.17. The minimum atomic E-state index is -3.17. The molecule has 0 bridgehead atoms. The molecule has 2 saturated heterocycles. The van der Waals surface area contributed by atoms with Gasteiger partial charge in [-0.2, -0.15) is 0 Å². The van der Waals surface area contributed by atoms with Crippen molar-refractivity contribution >= 4 is 15.7 Å². The number of hydrogen-bond acceptors (Lipinski definition) is 7. The number of benzene rings is 1. The van der Waals surface area contributed by atoms with Crippen LogP contribution in [0.5, 0.6) is 0 Å². The van der Waals surface area contributed by atoms with E-state index in [1.165, 1.54) is 5.56 Å². The summed E-state index contributed by atoms with van der Waals surface area (Å²) >= 11 is 0. The number of piperidine rings is 1. The number of ether oxygens (including phenoxy) is 2. The van der Waals surface area contributed by atoms with Gasteiger partial charge in [-0.1, -0.05) is 36.4 Å². The molecular formula is C25H32N4O4S. The largest absolute Gasteiger partial charge is 0.362 e. The third-order valence-electron chi connectivity index (χ3n) is 7.05. The Morgan fingerprint density at radius 3 is 2.53 bits per heavy atom. The molecule has 2 atom stereocenters. The third-order valence-corrected chi connectivity index (χ3v) is 8.93. The standard InChI is InChI=1S/C25H32N4O4S/c1-2-34(30,31)28-14-11-21(12-15-28)24-27-23(22-10-6-7-13-26-22)17-29(24)25(18-32-19-33-25)16-20-8-4-3-5-9-20/h3-10,13,17,21,24,27H,2,11-12,14-16,18-19H2,1H3. The zero-order chi connectivity index (χ0) is 23.6. The quantitative estimate of drug-likeness (QED) is 0.647. The average Bonchev–Trinajstić information content (AvgIpc) is 3.54. The lowest BCUT2D eigenvalue weighted by atomic mass is 9.92. The maximum absolute atomic E-state index is 12.4. The highest BCUT2D eigenvalue weighted by atomic mass is 32.2. The van der Waals surface area contributed by atoms with Gasteiger partial charge in [0.05, 0.1) is 23.8 Å².